The van der Waals surface area contributed by atoms with E-state index in [1.807, 2.05) is 6.07 Å². The van der Waals surface area contributed by atoms with Crippen molar-refractivity contribution >= 4 is 17.6 Å². The fraction of sp³-hybridized carbons (Fsp3) is 0.375. The zero-order valence-electron chi connectivity index (χ0n) is 12.3. The maximum atomic E-state index is 13.5. The van der Waals surface area contributed by atoms with Gasteiger partial charge in [-0.05, 0) is 37.6 Å². The number of carbonyl (C=O) groups is 1. The number of aromatic carboxylic acids is 1. The fourth-order valence-electron chi connectivity index (χ4n) is 2.88. The van der Waals surface area contributed by atoms with Crippen LogP contribution in [-0.2, 0) is 6.54 Å². The first kappa shape index (κ1) is 16.0. The summed E-state index contributed by atoms with van der Waals surface area (Å²) in [6.07, 6.45) is 1.69. The number of carboxylic acid groups (broad SMARTS) is 1. The fourth-order valence-corrected chi connectivity index (χ4v) is 3.07. The zero-order valence-corrected chi connectivity index (χ0v) is 13.1. The number of benzene rings is 1. The van der Waals surface area contributed by atoms with Gasteiger partial charge in [0.05, 0.1) is 10.7 Å². The van der Waals surface area contributed by atoms with E-state index >= 15 is 0 Å². The molecule has 122 valence electrons. The molecule has 2 heterocycles. The third-order valence-electron chi connectivity index (χ3n) is 4.17. The second kappa shape index (κ2) is 6.68. The van der Waals surface area contributed by atoms with Gasteiger partial charge in [0.1, 0.15) is 5.82 Å². The molecule has 0 spiro atoms. The van der Waals surface area contributed by atoms with E-state index < -0.39 is 11.8 Å². The molecule has 1 saturated heterocycles. The number of hydrogen-bond acceptors (Lipinski definition) is 4. The van der Waals surface area contributed by atoms with Gasteiger partial charge in [0.15, 0.2) is 0 Å². The van der Waals surface area contributed by atoms with Gasteiger partial charge in [0.25, 0.3) is 0 Å². The lowest BCUT2D eigenvalue weighted by Gasteiger charge is -2.31. The Morgan fingerprint density at radius 2 is 2.17 bits per heavy atom. The van der Waals surface area contributed by atoms with Crippen molar-refractivity contribution < 1.29 is 18.8 Å². The molecule has 5 nitrogen and oxygen atoms in total. The summed E-state index contributed by atoms with van der Waals surface area (Å²) in [6, 6.07) is 6.33. The average Bonchev–Trinajstić information content (AvgIpc) is 3.03. The summed E-state index contributed by atoms with van der Waals surface area (Å²) < 4.78 is 18.3. The third-order valence-corrected chi connectivity index (χ3v) is 4.59. The largest absolute Gasteiger partial charge is 0.475 e. The number of likely N-dealkylation sites (tertiary alicyclic amines) is 1. The monoisotopic (exact) mass is 338 g/mol. The third kappa shape index (κ3) is 3.54. The Kier molecular flexibility index (Phi) is 4.63. The molecular formula is C16H16ClFN2O3. The Morgan fingerprint density at radius 1 is 1.43 bits per heavy atom. The Balaban J connectivity index is 1.59. The lowest BCUT2D eigenvalue weighted by Crippen LogP contribution is -2.32. The van der Waals surface area contributed by atoms with Crippen LogP contribution >= 0.6 is 11.6 Å². The highest BCUT2D eigenvalue weighted by molar-refractivity contribution is 6.31. The summed E-state index contributed by atoms with van der Waals surface area (Å²) in [4.78, 5) is 13.0. The van der Waals surface area contributed by atoms with E-state index in [4.69, 9.17) is 21.2 Å². The Morgan fingerprint density at radius 3 is 2.83 bits per heavy atom. The van der Waals surface area contributed by atoms with Crippen LogP contribution in [0, 0.1) is 5.82 Å². The zero-order chi connectivity index (χ0) is 16.4. The van der Waals surface area contributed by atoms with Crippen LogP contribution in [0.15, 0.2) is 28.8 Å². The van der Waals surface area contributed by atoms with Crippen LogP contribution in [0.4, 0.5) is 4.39 Å². The highest BCUT2D eigenvalue weighted by Crippen LogP contribution is 2.29. The van der Waals surface area contributed by atoms with Gasteiger partial charge in [-0.15, -0.1) is 0 Å². The summed E-state index contributed by atoms with van der Waals surface area (Å²) >= 11 is 5.99. The van der Waals surface area contributed by atoms with E-state index in [2.05, 4.69) is 10.1 Å². The molecule has 3 rings (SSSR count). The SMILES string of the molecule is O=C(O)c1cc(C2CCN(Cc3cccc(F)c3Cl)CC2)no1. The molecule has 0 saturated carbocycles. The number of rotatable bonds is 4. The van der Waals surface area contributed by atoms with Gasteiger partial charge in [-0.3, -0.25) is 4.90 Å². The molecule has 0 aliphatic carbocycles. The van der Waals surface area contributed by atoms with E-state index in [0.717, 1.165) is 31.5 Å². The molecule has 0 radical (unpaired) electrons. The van der Waals surface area contributed by atoms with Gasteiger partial charge in [0.2, 0.25) is 5.76 Å². The molecule has 1 aliphatic heterocycles. The van der Waals surface area contributed by atoms with E-state index in [0.29, 0.717) is 12.2 Å². The first-order valence-corrected chi connectivity index (χ1v) is 7.77. The molecule has 1 aromatic heterocycles. The molecule has 23 heavy (non-hydrogen) atoms. The summed E-state index contributed by atoms with van der Waals surface area (Å²) in [5.74, 6) is -1.45. The Labute approximate surface area is 137 Å². The van der Waals surface area contributed by atoms with Crippen molar-refractivity contribution in [2.75, 3.05) is 13.1 Å². The predicted molar refractivity (Wildman–Crippen MR) is 82.1 cm³/mol. The quantitative estimate of drug-likeness (QED) is 0.923. The number of piperidine rings is 1. The van der Waals surface area contributed by atoms with Crippen LogP contribution in [0.5, 0.6) is 0 Å². The lowest BCUT2D eigenvalue weighted by atomic mass is 9.93. The van der Waals surface area contributed by atoms with Crippen molar-refractivity contribution in [2.24, 2.45) is 0 Å². The summed E-state index contributed by atoms with van der Waals surface area (Å²) in [6.45, 7) is 2.22. The van der Waals surface area contributed by atoms with Crippen molar-refractivity contribution in [1.29, 1.82) is 0 Å². The number of hydrogen-bond donors (Lipinski definition) is 1. The maximum absolute atomic E-state index is 13.5. The molecule has 0 unspecified atom stereocenters. The molecule has 0 bridgehead atoms. The smallest absolute Gasteiger partial charge is 0.374 e. The van der Waals surface area contributed by atoms with Crippen LogP contribution in [0.1, 0.15) is 40.6 Å². The van der Waals surface area contributed by atoms with Crippen molar-refractivity contribution in [2.45, 2.75) is 25.3 Å². The van der Waals surface area contributed by atoms with Gasteiger partial charge < -0.3 is 9.63 Å². The summed E-state index contributed by atoms with van der Waals surface area (Å²) in [5.41, 5.74) is 1.46. The summed E-state index contributed by atoms with van der Waals surface area (Å²) in [5, 5.41) is 12.9. The molecule has 0 atom stereocenters. The normalized spacial score (nSPS) is 16.6. The first-order chi connectivity index (χ1) is 11.0. The molecule has 1 aromatic carbocycles. The van der Waals surface area contributed by atoms with Gasteiger partial charge >= 0.3 is 5.97 Å². The second-order valence-electron chi connectivity index (χ2n) is 5.68. The lowest BCUT2D eigenvalue weighted by molar-refractivity contribution is 0.0652. The van der Waals surface area contributed by atoms with Crippen LogP contribution in [0.3, 0.4) is 0 Å². The minimum atomic E-state index is -1.11. The minimum Gasteiger partial charge on any atom is -0.475 e. The minimum absolute atomic E-state index is 0.131. The molecule has 1 N–H and O–H groups in total. The summed E-state index contributed by atoms with van der Waals surface area (Å²) in [7, 11) is 0. The van der Waals surface area contributed by atoms with E-state index in [9.17, 15) is 9.18 Å². The van der Waals surface area contributed by atoms with Crippen molar-refractivity contribution in [3.05, 3.63) is 52.1 Å². The molecule has 1 fully saturated rings. The number of halogens is 2. The molecule has 0 amide bonds. The standard InChI is InChI=1S/C16H16ClFN2O3/c17-15-11(2-1-3-12(15)18)9-20-6-4-10(5-7-20)13-8-14(16(21)22)23-19-13/h1-3,8,10H,4-7,9H2,(H,21,22). The first-order valence-electron chi connectivity index (χ1n) is 7.39. The van der Waals surface area contributed by atoms with Gasteiger partial charge in [0, 0.05) is 18.5 Å². The number of nitrogens with zero attached hydrogens (tertiary/aromatic N) is 2. The van der Waals surface area contributed by atoms with Crippen LogP contribution < -0.4 is 0 Å². The molecule has 1 aliphatic rings. The molecule has 2 aromatic rings. The Hall–Kier alpha value is -1.92. The van der Waals surface area contributed by atoms with Crippen LogP contribution in [-0.4, -0.2) is 34.2 Å². The number of aromatic nitrogens is 1. The number of carboxylic acids is 1. The Bertz CT molecular complexity index is 711. The van der Waals surface area contributed by atoms with E-state index in [1.165, 1.54) is 12.1 Å². The van der Waals surface area contributed by atoms with Crippen LogP contribution in [0.25, 0.3) is 0 Å². The van der Waals surface area contributed by atoms with E-state index in [1.54, 1.807) is 6.07 Å². The van der Waals surface area contributed by atoms with Crippen molar-refractivity contribution in [3.8, 4) is 0 Å². The highest BCUT2D eigenvalue weighted by Gasteiger charge is 2.25. The maximum Gasteiger partial charge on any atom is 0.374 e. The van der Waals surface area contributed by atoms with Crippen molar-refractivity contribution in [3.63, 3.8) is 0 Å². The highest BCUT2D eigenvalue weighted by atomic mass is 35.5. The second-order valence-corrected chi connectivity index (χ2v) is 6.06. The average molecular weight is 339 g/mol. The van der Waals surface area contributed by atoms with Gasteiger partial charge in [-0.1, -0.05) is 28.9 Å². The topological polar surface area (TPSA) is 66.6 Å². The van der Waals surface area contributed by atoms with Gasteiger partial charge in [-0.25, -0.2) is 9.18 Å². The van der Waals surface area contributed by atoms with Crippen LogP contribution in [0.2, 0.25) is 5.02 Å². The van der Waals surface area contributed by atoms with E-state index in [-0.39, 0.29) is 16.7 Å². The van der Waals surface area contributed by atoms with Crippen molar-refractivity contribution in [1.82, 2.24) is 10.1 Å². The van der Waals surface area contributed by atoms with Gasteiger partial charge in [-0.2, -0.15) is 0 Å². The predicted octanol–water partition coefficient (Wildman–Crippen LogP) is 3.54. The molecular weight excluding hydrogens is 323 g/mol. The molecule has 7 heteroatoms.